The van der Waals surface area contributed by atoms with Gasteiger partial charge in [-0.05, 0) is 31.4 Å². The first-order valence-corrected chi connectivity index (χ1v) is 4.82. The Kier molecular flexibility index (Phi) is 2.37. The van der Waals surface area contributed by atoms with Crippen LogP contribution in [0.3, 0.4) is 0 Å². The molecule has 1 fully saturated rings. The number of benzene rings is 1. The number of alkyl halides is 3. The van der Waals surface area contributed by atoms with Gasteiger partial charge in [-0.2, -0.15) is 13.2 Å². The largest absolute Gasteiger partial charge is 0.490 e. The molecule has 0 saturated heterocycles. The summed E-state index contributed by atoms with van der Waals surface area (Å²) in [6.07, 6.45) is -2.65. The normalized spacial score (nSPS) is 16.5. The second kappa shape index (κ2) is 3.43. The fourth-order valence-corrected chi connectivity index (χ4v) is 1.38. The first kappa shape index (κ1) is 10.3. The fraction of sp³-hybridized carbons (Fsp3) is 0.455. The van der Waals surface area contributed by atoms with Gasteiger partial charge >= 0.3 is 6.18 Å². The van der Waals surface area contributed by atoms with Gasteiger partial charge < -0.3 is 4.74 Å². The molecule has 0 N–H and O–H groups in total. The monoisotopic (exact) mass is 216 g/mol. The van der Waals surface area contributed by atoms with E-state index in [-0.39, 0.29) is 11.9 Å². The van der Waals surface area contributed by atoms with Gasteiger partial charge in [0.05, 0.1) is 11.7 Å². The van der Waals surface area contributed by atoms with Crippen LogP contribution < -0.4 is 4.74 Å². The summed E-state index contributed by atoms with van der Waals surface area (Å²) in [5.41, 5.74) is -0.133. The molecule has 0 aliphatic heterocycles. The van der Waals surface area contributed by atoms with E-state index in [0.717, 1.165) is 18.9 Å². The van der Waals surface area contributed by atoms with E-state index in [9.17, 15) is 13.2 Å². The lowest BCUT2D eigenvalue weighted by molar-refractivity contribution is -0.139. The molecule has 1 aromatic carbocycles. The third kappa shape index (κ3) is 2.25. The van der Waals surface area contributed by atoms with Crippen LogP contribution in [0.15, 0.2) is 18.2 Å². The molecule has 1 nitrogen and oxygen atoms in total. The van der Waals surface area contributed by atoms with Crippen molar-refractivity contribution in [1.29, 1.82) is 0 Å². The Labute approximate surface area is 85.9 Å². The fourth-order valence-electron chi connectivity index (χ4n) is 1.38. The zero-order valence-corrected chi connectivity index (χ0v) is 8.27. The van der Waals surface area contributed by atoms with Gasteiger partial charge in [0, 0.05) is 0 Å². The van der Waals surface area contributed by atoms with Gasteiger partial charge in [-0.15, -0.1) is 0 Å². The number of para-hydroxylation sites is 1. The van der Waals surface area contributed by atoms with Gasteiger partial charge in [-0.1, -0.05) is 12.1 Å². The maximum atomic E-state index is 12.6. The maximum absolute atomic E-state index is 12.6. The minimum Gasteiger partial charge on any atom is -0.490 e. The summed E-state index contributed by atoms with van der Waals surface area (Å²) < 4.78 is 43.2. The molecule has 0 atom stereocenters. The molecule has 0 bridgehead atoms. The van der Waals surface area contributed by atoms with Crippen LogP contribution >= 0.6 is 0 Å². The predicted molar refractivity (Wildman–Crippen MR) is 49.8 cm³/mol. The molecule has 0 aromatic heterocycles. The number of hydrogen-bond acceptors (Lipinski definition) is 1. The molecule has 1 aliphatic carbocycles. The van der Waals surface area contributed by atoms with Crippen LogP contribution in [-0.4, -0.2) is 6.10 Å². The molecule has 0 unspecified atom stereocenters. The quantitative estimate of drug-likeness (QED) is 0.734. The molecule has 0 heterocycles. The predicted octanol–water partition coefficient (Wildman–Crippen LogP) is 3.56. The molecule has 1 saturated carbocycles. The van der Waals surface area contributed by atoms with Crippen molar-refractivity contribution in [1.82, 2.24) is 0 Å². The molecule has 1 aliphatic rings. The average Bonchev–Trinajstić information content (AvgIpc) is 2.90. The Hall–Kier alpha value is -1.19. The third-order valence-corrected chi connectivity index (χ3v) is 2.33. The van der Waals surface area contributed by atoms with Crippen molar-refractivity contribution in [3.63, 3.8) is 0 Å². The molecule has 82 valence electrons. The molecule has 1 aromatic rings. The highest BCUT2D eigenvalue weighted by atomic mass is 19.4. The molecular weight excluding hydrogens is 205 g/mol. The standard InChI is InChI=1S/C11H11F3O/c1-7-3-2-4-9(11(12,13)14)10(7)15-8-5-6-8/h2-4,8H,5-6H2,1H3. The van der Waals surface area contributed by atoms with Gasteiger partial charge in [-0.25, -0.2) is 0 Å². The van der Waals surface area contributed by atoms with Crippen LogP contribution in [0.4, 0.5) is 13.2 Å². The highest BCUT2D eigenvalue weighted by Gasteiger charge is 2.36. The number of ether oxygens (including phenoxy) is 1. The maximum Gasteiger partial charge on any atom is 0.419 e. The number of hydrogen-bond donors (Lipinski definition) is 0. The van der Waals surface area contributed by atoms with Gasteiger partial charge in [0.25, 0.3) is 0 Å². The van der Waals surface area contributed by atoms with Crippen molar-refractivity contribution in [3.05, 3.63) is 29.3 Å². The lowest BCUT2D eigenvalue weighted by Gasteiger charge is -2.15. The zero-order valence-electron chi connectivity index (χ0n) is 8.27. The van der Waals surface area contributed by atoms with E-state index in [1.165, 1.54) is 6.07 Å². The summed E-state index contributed by atoms with van der Waals surface area (Å²) in [5, 5.41) is 0. The Morgan fingerprint density at radius 1 is 1.27 bits per heavy atom. The second-order valence-electron chi connectivity index (χ2n) is 3.77. The van der Waals surface area contributed by atoms with Crippen molar-refractivity contribution in [2.24, 2.45) is 0 Å². The Morgan fingerprint density at radius 2 is 1.93 bits per heavy atom. The Bertz CT molecular complexity index is 367. The lowest BCUT2D eigenvalue weighted by atomic mass is 10.1. The van der Waals surface area contributed by atoms with Crippen LogP contribution in [-0.2, 0) is 6.18 Å². The van der Waals surface area contributed by atoms with Crippen LogP contribution in [0.5, 0.6) is 5.75 Å². The van der Waals surface area contributed by atoms with Gasteiger partial charge in [0.1, 0.15) is 5.75 Å². The topological polar surface area (TPSA) is 9.23 Å². The first-order valence-electron chi connectivity index (χ1n) is 4.82. The minimum atomic E-state index is -4.34. The van der Waals surface area contributed by atoms with E-state index in [4.69, 9.17) is 4.74 Å². The average molecular weight is 216 g/mol. The van der Waals surface area contributed by atoms with Crippen LogP contribution in [0.25, 0.3) is 0 Å². The van der Waals surface area contributed by atoms with E-state index < -0.39 is 11.7 Å². The molecule has 0 radical (unpaired) electrons. The van der Waals surface area contributed by atoms with Crippen LogP contribution in [0, 0.1) is 6.92 Å². The summed E-state index contributed by atoms with van der Waals surface area (Å²) >= 11 is 0. The molecular formula is C11H11F3O. The molecule has 0 amide bonds. The van der Waals surface area contributed by atoms with Crippen molar-refractivity contribution >= 4 is 0 Å². The summed E-state index contributed by atoms with van der Waals surface area (Å²) in [6, 6.07) is 4.09. The molecule has 4 heteroatoms. The summed E-state index contributed by atoms with van der Waals surface area (Å²) in [6.45, 7) is 1.63. The van der Waals surface area contributed by atoms with E-state index in [0.29, 0.717) is 5.56 Å². The lowest BCUT2D eigenvalue weighted by Crippen LogP contribution is -2.10. The molecule has 15 heavy (non-hydrogen) atoms. The number of halogens is 3. The van der Waals surface area contributed by atoms with Crippen molar-refractivity contribution in [2.45, 2.75) is 32.0 Å². The SMILES string of the molecule is Cc1cccc(C(F)(F)F)c1OC1CC1. The van der Waals surface area contributed by atoms with Gasteiger partial charge in [0.2, 0.25) is 0 Å². The number of aryl methyl sites for hydroxylation is 1. The van der Waals surface area contributed by atoms with E-state index in [1.54, 1.807) is 13.0 Å². The van der Waals surface area contributed by atoms with Gasteiger partial charge in [-0.3, -0.25) is 0 Å². The second-order valence-corrected chi connectivity index (χ2v) is 3.77. The van der Waals surface area contributed by atoms with E-state index >= 15 is 0 Å². The number of rotatable bonds is 2. The summed E-state index contributed by atoms with van der Waals surface area (Å²) in [7, 11) is 0. The summed E-state index contributed by atoms with van der Waals surface area (Å²) in [5.74, 6) is -0.00694. The highest BCUT2D eigenvalue weighted by molar-refractivity contribution is 5.42. The first-order chi connectivity index (χ1) is 6.98. The third-order valence-electron chi connectivity index (χ3n) is 2.33. The summed E-state index contributed by atoms with van der Waals surface area (Å²) in [4.78, 5) is 0. The smallest absolute Gasteiger partial charge is 0.419 e. The van der Waals surface area contributed by atoms with Crippen LogP contribution in [0.1, 0.15) is 24.0 Å². The Morgan fingerprint density at radius 3 is 2.47 bits per heavy atom. The Balaban J connectivity index is 2.38. The van der Waals surface area contributed by atoms with Crippen molar-refractivity contribution < 1.29 is 17.9 Å². The molecule has 0 spiro atoms. The van der Waals surface area contributed by atoms with E-state index in [1.807, 2.05) is 0 Å². The molecule has 2 rings (SSSR count). The minimum absolute atomic E-state index is 0.00694. The van der Waals surface area contributed by atoms with Crippen molar-refractivity contribution in [3.8, 4) is 5.75 Å². The van der Waals surface area contributed by atoms with E-state index in [2.05, 4.69) is 0 Å². The van der Waals surface area contributed by atoms with Gasteiger partial charge in [0.15, 0.2) is 0 Å². The highest BCUT2D eigenvalue weighted by Crippen LogP contribution is 2.40. The zero-order chi connectivity index (χ0) is 11.1. The van der Waals surface area contributed by atoms with Crippen LogP contribution in [0.2, 0.25) is 0 Å². The van der Waals surface area contributed by atoms with Crippen molar-refractivity contribution in [2.75, 3.05) is 0 Å².